The number of morpholine rings is 1. The number of carbonyl (C=O) groups is 1. The summed E-state index contributed by atoms with van der Waals surface area (Å²) in [7, 11) is 2.00. The lowest BCUT2D eigenvalue weighted by Gasteiger charge is -2.26. The summed E-state index contributed by atoms with van der Waals surface area (Å²) in [6.45, 7) is 1.44. The molecule has 0 radical (unpaired) electrons. The first-order valence-electron chi connectivity index (χ1n) is 9.78. The molecule has 2 aromatic carbocycles. The molecule has 2 aromatic rings. The SMILES string of the molecule is CN(C)c1ccc(C=C2C(=O)N(C)c3ccc(S(=O)(=O)N4CCOCC4)cc32)cc1. The second-order valence-electron chi connectivity index (χ2n) is 7.60. The Balaban J connectivity index is 1.74. The van der Waals surface area contributed by atoms with E-state index >= 15 is 0 Å². The number of benzene rings is 2. The zero-order valence-electron chi connectivity index (χ0n) is 17.3. The Morgan fingerprint density at radius 2 is 1.70 bits per heavy atom. The Labute approximate surface area is 177 Å². The summed E-state index contributed by atoms with van der Waals surface area (Å²) >= 11 is 0. The number of sulfonamides is 1. The number of hydrogen-bond acceptors (Lipinski definition) is 5. The smallest absolute Gasteiger partial charge is 0.258 e. The molecule has 2 aliphatic rings. The predicted octanol–water partition coefficient (Wildman–Crippen LogP) is 2.29. The quantitative estimate of drug-likeness (QED) is 0.701. The highest BCUT2D eigenvalue weighted by molar-refractivity contribution is 7.89. The molecule has 0 saturated carbocycles. The molecule has 7 nitrogen and oxygen atoms in total. The van der Waals surface area contributed by atoms with Crippen LogP contribution in [0.4, 0.5) is 11.4 Å². The first-order chi connectivity index (χ1) is 14.3. The van der Waals surface area contributed by atoms with Gasteiger partial charge in [0.05, 0.1) is 23.8 Å². The van der Waals surface area contributed by atoms with Gasteiger partial charge < -0.3 is 14.5 Å². The summed E-state index contributed by atoms with van der Waals surface area (Å²) in [5, 5.41) is 0. The van der Waals surface area contributed by atoms with E-state index in [-0.39, 0.29) is 10.8 Å². The molecule has 8 heteroatoms. The van der Waals surface area contributed by atoms with Gasteiger partial charge in [0.2, 0.25) is 10.0 Å². The van der Waals surface area contributed by atoms with Crippen LogP contribution in [-0.4, -0.2) is 66.1 Å². The van der Waals surface area contributed by atoms with Crippen LogP contribution in [0.15, 0.2) is 47.4 Å². The third kappa shape index (κ3) is 3.62. The van der Waals surface area contributed by atoms with Crippen molar-refractivity contribution in [3.05, 3.63) is 53.6 Å². The van der Waals surface area contributed by atoms with Crippen molar-refractivity contribution in [1.29, 1.82) is 0 Å². The summed E-state index contributed by atoms with van der Waals surface area (Å²) < 4.78 is 32.8. The van der Waals surface area contributed by atoms with Crippen LogP contribution in [0.3, 0.4) is 0 Å². The molecule has 1 saturated heterocycles. The third-order valence-corrected chi connectivity index (χ3v) is 7.38. The standard InChI is InChI=1S/C22H25N3O4S/c1-23(2)17-6-4-16(5-7-17)14-20-19-15-18(8-9-21(19)24(3)22(20)26)30(27,28)25-10-12-29-13-11-25/h4-9,14-15H,10-13H2,1-3H3. The molecule has 0 unspecified atom stereocenters. The van der Waals surface area contributed by atoms with Crippen LogP contribution < -0.4 is 9.80 Å². The fourth-order valence-electron chi connectivity index (χ4n) is 3.70. The first-order valence-corrected chi connectivity index (χ1v) is 11.2. The van der Waals surface area contributed by atoms with Gasteiger partial charge in [0.25, 0.3) is 5.91 Å². The van der Waals surface area contributed by atoms with E-state index < -0.39 is 10.0 Å². The van der Waals surface area contributed by atoms with Crippen LogP contribution in [0.5, 0.6) is 0 Å². The van der Waals surface area contributed by atoms with E-state index in [2.05, 4.69) is 0 Å². The molecule has 0 aliphatic carbocycles. The largest absolute Gasteiger partial charge is 0.379 e. The minimum absolute atomic E-state index is 0.150. The van der Waals surface area contributed by atoms with Gasteiger partial charge in [-0.25, -0.2) is 8.42 Å². The number of amides is 1. The van der Waals surface area contributed by atoms with Crippen LogP contribution in [0, 0.1) is 0 Å². The number of hydrogen-bond donors (Lipinski definition) is 0. The fraction of sp³-hybridized carbons (Fsp3) is 0.318. The summed E-state index contributed by atoms with van der Waals surface area (Å²) in [5.41, 5.74) is 3.77. The lowest BCUT2D eigenvalue weighted by Crippen LogP contribution is -2.40. The Hall–Kier alpha value is -2.68. The third-order valence-electron chi connectivity index (χ3n) is 5.48. The topological polar surface area (TPSA) is 70.2 Å². The first kappa shape index (κ1) is 20.6. The second-order valence-corrected chi connectivity index (χ2v) is 9.54. The second kappa shape index (κ2) is 7.86. The minimum atomic E-state index is -3.64. The normalized spacial score (nSPS) is 18.7. The van der Waals surface area contributed by atoms with E-state index in [1.807, 2.05) is 49.3 Å². The Kier molecular flexibility index (Phi) is 5.40. The van der Waals surface area contributed by atoms with Crippen LogP contribution in [0.1, 0.15) is 11.1 Å². The van der Waals surface area contributed by atoms with E-state index in [4.69, 9.17) is 4.74 Å². The van der Waals surface area contributed by atoms with Gasteiger partial charge in [0.15, 0.2) is 0 Å². The van der Waals surface area contributed by atoms with Crippen molar-refractivity contribution in [3.8, 4) is 0 Å². The van der Waals surface area contributed by atoms with Gasteiger partial charge in [-0.1, -0.05) is 12.1 Å². The van der Waals surface area contributed by atoms with E-state index in [0.717, 1.165) is 11.3 Å². The summed E-state index contributed by atoms with van der Waals surface area (Å²) in [5.74, 6) is -0.150. The molecule has 158 valence electrons. The average molecular weight is 428 g/mol. The number of fused-ring (bicyclic) bond motifs is 1. The van der Waals surface area contributed by atoms with Crippen molar-refractivity contribution in [2.45, 2.75) is 4.90 Å². The van der Waals surface area contributed by atoms with Crippen molar-refractivity contribution in [1.82, 2.24) is 4.31 Å². The maximum atomic E-state index is 13.1. The lowest BCUT2D eigenvalue weighted by atomic mass is 10.0. The minimum Gasteiger partial charge on any atom is -0.379 e. The Morgan fingerprint density at radius 3 is 2.33 bits per heavy atom. The van der Waals surface area contributed by atoms with Crippen molar-refractivity contribution >= 4 is 39.0 Å². The molecule has 1 fully saturated rings. The van der Waals surface area contributed by atoms with Crippen molar-refractivity contribution in [2.24, 2.45) is 0 Å². The van der Waals surface area contributed by atoms with Crippen LogP contribution in [0.2, 0.25) is 0 Å². The zero-order valence-corrected chi connectivity index (χ0v) is 18.1. The van der Waals surface area contributed by atoms with Gasteiger partial charge >= 0.3 is 0 Å². The maximum absolute atomic E-state index is 13.1. The molecule has 0 atom stereocenters. The monoisotopic (exact) mass is 427 g/mol. The number of likely N-dealkylation sites (N-methyl/N-ethyl adjacent to an activating group) is 1. The highest BCUT2D eigenvalue weighted by atomic mass is 32.2. The van der Waals surface area contributed by atoms with Crippen molar-refractivity contribution in [2.75, 3.05) is 57.2 Å². The molecule has 0 bridgehead atoms. The average Bonchev–Trinajstić information content (AvgIpc) is 2.99. The molecule has 1 amide bonds. The molecule has 0 spiro atoms. The van der Waals surface area contributed by atoms with E-state index in [0.29, 0.717) is 43.1 Å². The van der Waals surface area contributed by atoms with Crippen LogP contribution in [0.25, 0.3) is 11.6 Å². The molecule has 0 aromatic heterocycles. The highest BCUT2D eigenvalue weighted by Crippen LogP contribution is 2.38. The van der Waals surface area contributed by atoms with Gasteiger partial charge in [0.1, 0.15) is 0 Å². The van der Waals surface area contributed by atoms with Gasteiger partial charge in [-0.2, -0.15) is 4.31 Å². The molecular formula is C22H25N3O4S. The maximum Gasteiger partial charge on any atom is 0.258 e. The molecule has 0 N–H and O–H groups in total. The molecule has 4 rings (SSSR count). The molecule has 30 heavy (non-hydrogen) atoms. The fourth-order valence-corrected chi connectivity index (χ4v) is 5.13. The lowest BCUT2D eigenvalue weighted by molar-refractivity contribution is -0.112. The Morgan fingerprint density at radius 1 is 1.03 bits per heavy atom. The van der Waals surface area contributed by atoms with E-state index in [9.17, 15) is 13.2 Å². The molecule has 2 heterocycles. The highest BCUT2D eigenvalue weighted by Gasteiger charge is 2.33. The van der Waals surface area contributed by atoms with Gasteiger partial charge in [-0.3, -0.25) is 4.79 Å². The molecule has 2 aliphatic heterocycles. The summed E-state index contributed by atoms with van der Waals surface area (Å²) in [6.07, 6.45) is 1.81. The Bertz CT molecular complexity index is 1100. The van der Waals surface area contributed by atoms with E-state index in [1.165, 1.54) is 4.31 Å². The van der Waals surface area contributed by atoms with Crippen molar-refractivity contribution in [3.63, 3.8) is 0 Å². The van der Waals surface area contributed by atoms with Gasteiger partial charge in [-0.15, -0.1) is 0 Å². The van der Waals surface area contributed by atoms with E-state index in [1.54, 1.807) is 30.1 Å². The number of ether oxygens (including phenoxy) is 1. The van der Waals surface area contributed by atoms with Gasteiger partial charge in [0, 0.05) is 51.1 Å². The summed E-state index contributed by atoms with van der Waals surface area (Å²) in [4.78, 5) is 16.6. The predicted molar refractivity (Wildman–Crippen MR) is 118 cm³/mol. The molecular weight excluding hydrogens is 402 g/mol. The number of carbonyl (C=O) groups excluding carboxylic acids is 1. The zero-order chi connectivity index (χ0) is 21.5. The van der Waals surface area contributed by atoms with Gasteiger partial charge in [-0.05, 0) is 42.0 Å². The van der Waals surface area contributed by atoms with Crippen LogP contribution >= 0.6 is 0 Å². The summed E-state index contributed by atoms with van der Waals surface area (Å²) in [6, 6.07) is 12.7. The number of anilines is 2. The number of nitrogens with zero attached hydrogens (tertiary/aromatic N) is 3. The number of rotatable bonds is 4. The van der Waals surface area contributed by atoms with Crippen LogP contribution in [-0.2, 0) is 19.6 Å². The van der Waals surface area contributed by atoms with Crippen molar-refractivity contribution < 1.29 is 17.9 Å².